The molecule has 0 aromatic carbocycles. The van der Waals surface area contributed by atoms with Gasteiger partial charge in [-0.25, -0.2) is 9.59 Å². The highest BCUT2D eigenvalue weighted by atomic mass is 16.6. The van der Waals surface area contributed by atoms with Crippen LogP contribution in [0, 0.1) is 0 Å². The van der Waals surface area contributed by atoms with Crippen LogP contribution >= 0.6 is 0 Å². The van der Waals surface area contributed by atoms with E-state index in [1.54, 1.807) is 7.11 Å². The van der Waals surface area contributed by atoms with Crippen molar-refractivity contribution in [3.63, 3.8) is 0 Å². The molecule has 0 heterocycles. The highest BCUT2D eigenvalue weighted by molar-refractivity contribution is 5.76. The first kappa shape index (κ1) is 61.9. The Labute approximate surface area is 396 Å². The number of unbranched alkanes of at least 4 members (excludes halogenated alkanes) is 30. The Morgan fingerprint density at radius 3 is 1.16 bits per heavy atom. The third-order valence-electron chi connectivity index (χ3n) is 12.7. The first-order chi connectivity index (χ1) is 30.9. The largest absolute Gasteiger partial charge is 0.447 e. The number of carbonyl (C=O) groups is 3. The summed E-state index contributed by atoms with van der Waals surface area (Å²) in [4.78, 5) is 38.1. The molecule has 0 aliphatic heterocycles. The van der Waals surface area contributed by atoms with Gasteiger partial charge >= 0.3 is 12.2 Å². The van der Waals surface area contributed by atoms with Gasteiger partial charge in [0.15, 0.2) is 0 Å². The number of hydrogen-bond acceptors (Lipinski definition) is 7. The second-order valence-electron chi connectivity index (χ2n) is 20.1. The van der Waals surface area contributed by atoms with E-state index in [1.165, 1.54) is 173 Å². The van der Waals surface area contributed by atoms with Crippen molar-refractivity contribution in [3.8, 4) is 0 Å². The minimum atomic E-state index is -0.635. The number of alkyl carbamates (subject to hydrolysis) is 2. The molecule has 0 aromatic heterocycles. The molecule has 0 spiro atoms. The molecule has 10 nitrogen and oxygen atoms in total. The lowest BCUT2D eigenvalue weighted by Crippen LogP contribution is -2.44. The minimum Gasteiger partial charge on any atom is -0.447 e. The number of hydrogen-bond donors (Lipinski definition) is 3. The van der Waals surface area contributed by atoms with E-state index in [2.05, 4.69) is 43.6 Å². The molecule has 0 fully saturated rings. The summed E-state index contributed by atoms with van der Waals surface area (Å²) in [6.07, 6.45) is 43.0. The summed E-state index contributed by atoms with van der Waals surface area (Å²) in [6.45, 7) is 14.2. The predicted octanol–water partition coefficient (Wildman–Crippen LogP) is 15.2. The second kappa shape index (κ2) is 44.7. The summed E-state index contributed by atoms with van der Waals surface area (Å²) in [5, 5.41) is 8.61. The molecule has 0 aliphatic carbocycles. The maximum Gasteiger partial charge on any atom is 0.407 e. The number of ether oxygens (including phenoxy) is 4. The van der Waals surface area contributed by atoms with Gasteiger partial charge in [-0.05, 0) is 59.8 Å². The zero-order chi connectivity index (χ0) is 47.3. The summed E-state index contributed by atoms with van der Waals surface area (Å²) in [6, 6.07) is -0.635. The van der Waals surface area contributed by atoms with Gasteiger partial charge in [0.2, 0.25) is 5.91 Å². The van der Waals surface area contributed by atoms with E-state index in [0.29, 0.717) is 26.1 Å². The van der Waals surface area contributed by atoms with Crippen LogP contribution in [0.2, 0.25) is 0 Å². The van der Waals surface area contributed by atoms with Gasteiger partial charge in [0, 0.05) is 26.6 Å². The van der Waals surface area contributed by atoms with E-state index in [9.17, 15) is 14.4 Å². The third kappa shape index (κ3) is 45.1. The maximum atomic E-state index is 12.9. The molecule has 1 atom stereocenters. The Kier molecular flexibility index (Phi) is 43.3. The lowest BCUT2D eigenvalue weighted by atomic mass is 10.0. The van der Waals surface area contributed by atoms with Crippen molar-refractivity contribution < 1.29 is 33.3 Å². The molecule has 0 aliphatic rings. The lowest BCUT2D eigenvalue weighted by molar-refractivity contribution is -0.122. The van der Waals surface area contributed by atoms with Crippen LogP contribution in [-0.4, -0.2) is 75.4 Å². The SMILES string of the molecule is CCCCCCCCCCCCCCCCCCNC(=O)OCC(COC(=O)NCCCC(C)(C)OCCC(C)(C)OC)NC(=O)CCCCCCCCCCCCCCCCCC. The Hall–Kier alpha value is -2.07. The summed E-state index contributed by atoms with van der Waals surface area (Å²) in [7, 11) is 1.71. The molecule has 0 saturated carbocycles. The third-order valence-corrected chi connectivity index (χ3v) is 12.7. The zero-order valence-electron chi connectivity index (χ0n) is 43.4. The van der Waals surface area contributed by atoms with Crippen LogP contribution in [0.4, 0.5) is 9.59 Å². The van der Waals surface area contributed by atoms with Crippen molar-refractivity contribution in [3.05, 3.63) is 0 Å². The lowest BCUT2D eigenvalue weighted by Gasteiger charge is -2.29. The van der Waals surface area contributed by atoms with Crippen molar-refractivity contribution in [2.75, 3.05) is 40.0 Å². The Morgan fingerprint density at radius 2 is 0.781 bits per heavy atom. The molecule has 0 aromatic rings. The van der Waals surface area contributed by atoms with Crippen LogP contribution in [0.5, 0.6) is 0 Å². The van der Waals surface area contributed by atoms with Gasteiger partial charge in [-0.2, -0.15) is 0 Å². The topological polar surface area (TPSA) is 124 Å². The van der Waals surface area contributed by atoms with E-state index in [1.807, 2.05) is 13.8 Å². The van der Waals surface area contributed by atoms with Gasteiger partial charge in [0.1, 0.15) is 13.2 Å². The van der Waals surface area contributed by atoms with E-state index in [-0.39, 0.29) is 30.3 Å². The number of carbonyl (C=O) groups excluding carboxylic acids is 3. The summed E-state index contributed by atoms with van der Waals surface area (Å²) in [5.74, 6) is -0.118. The van der Waals surface area contributed by atoms with Crippen molar-refractivity contribution >= 4 is 18.1 Å². The fraction of sp³-hybridized carbons (Fsp3) is 0.944. The molecule has 1 unspecified atom stereocenters. The van der Waals surface area contributed by atoms with Crippen molar-refractivity contribution in [1.29, 1.82) is 0 Å². The average molecular weight is 910 g/mol. The number of amides is 3. The Morgan fingerprint density at radius 1 is 0.438 bits per heavy atom. The van der Waals surface area contributed by atoms with E-state index in [0.717, 1.165) is 51.4 Å². The maximum absolute atomic E-state index is 12.9. The summed E-state index contributed by atoms with van der Waals surface area (Å²) in [5.41, 5.74) is -0.564. The van der Waals surface area contributed by atoms with Gasteiger partial charge in [-0.15, -0.1) is 0 Å². The van der Waals surface area contributed by atoms with Gasteiger partial charge in [0.05, 0.1) is 23.9 Å². The summed E-state index contributed by atoms with van der Waals surface area (Å²) < 4.78 is 22.6. The first-order valence-corrected chi connectivity index (χ1v) is 27.2. The minimum absolute atomic E-state index is 0.0752. The number of methoxy groups -OCH3 is 1. The van der Waals surface area contributed by atoms with E-state index < -0.39 is 18.2 Å². The van der Waals surface area contributed by atoms with Crippen LogP contribution in [0.15, 0.2) is 0 Å². The highest BCUT2D eigenvalue weighted by Crippen LogP contribution is 2.20. The van der Waals surface area contributed by atoms with Gasteiger partial charge in [-0.1, -0.05) is 206 Å². The van der Waals surface area contributed by atoms with Gasteiger partial charge < -0.3 is 34.9 Å². The summed E-state index contributed by atoms with van der Waals surface area (Å²) >= 11 is 0. The van der Waals surface area contributed by atoms with Crippen LogP contribution in [0.25, 0.3) is 0 Å². The molecule has 380 valence electrons. The first-order valence-electron chi connectivity index (χ1n) is 27.2. The van der Waals surface area contributed by atoms with Crippen LogP contribution in [0.3, 0.4) is 0 Å². The average Bonchev–Trinajstić information content (AvgIpc) is 3.26. The molecular weight excluding hydrogens is 803 g/mol. The van der Waals surface area contributed by atoms with Crippen LogP contribution in [0.1, 0.15) is 273 Å². The monoisotopic (exact) mass is 910 g/mol. The molecule has 3 N–H and O–H groups in total. The fourth-order valence-electron chi connectivity index (χ4n) is 8.04. The second-order valence-corrected chi connectivity index (χ2v) is 20.1. The van der Waals surface area contributed by atoms with Crippen molar-refractivity contribution in [1.82, 2.24) is 16.0 Å². The molecule has 3 amide bonds. The van der Waals surface area contributed by atoms with Crippen LogP contribution in [-0.2, 0) is 23.7 Å². The number of rotatable bonds is 48. The molecule has 10 heteroatoms. The van der Waals surface area contributed by atoms with Crippen LogP contribution < -0.4 is 16.0 Å². The smallest absolute Gasteiger partial charge is 0.407 e. The van der Waals surface area contributed by atoms with E-state index >= 15 is 0 Å². The van der Waals surface area contributed by atoms with Crippen molar-refractivity contribution in [2.45, 2.75) is 290 Å². The molecular formula is C54H107N3O7. The standard InChI is InChI=1S/C54H107N3O7/c1-8-10-12-14-16-18-20-22-24-26-28-30-32-34-36-38-41-50(58)57-49(48-63-52(60)56-45-40-42-54(5,6)64-46-43-53(3,4)61-7)47-62-51(59)55-44-39-37-35-33-31-29-27-25-23-21-19-17-15-13-11-9-2/h49H,8-48H2,1-7H3,(H,55,59)(H,56,60)(H,57,58). The molecule has 64 heavy (non-hydrogen) atoms. The van der Waals surface area contributed by atoms with Gasteiger partial charge in [-0.3, -0.25) is 4.79 Å². The van der Waals surface area contributed by atoms with Gasteiger partial charge in [0.25, 0.3) is 0 Å². The zero-order valence-corrected chi connectivity index (χ0v) is 43.4. The Bertz CT molecular complexity index is 1060. The predicted molar refractivity (Wildman–Crippen MR) is 269 cm³/mol. The molecule has 0 saturated heterocycles. The van der Waals surface area contributed by atoms with Crippen molar-refractivity contribution in [2.24, 2.45) is 0 Å². The highest BCUT2D eigenvalue weighted by Gasteiger charge is 2.22. The fourth-order valence-corrected chi connectivity index (χ4v) is 8.04. The number of nitrogens with one attached hydrogen (secondary N) is 3. The molecule has 0 radical (unpaired) electrons. The molecule has 0 bridgehead atoms. The quantitative estimate of drug-likeness (QED) is 0.0519. The Balaban J connectivity index is 4.44. The van der Waals surface area contributed by atoms with E-state index in [4.69, 9.17) is 18.9 Å². The molecule has 0 rings (SSSR count). The normalized spacial score (nSPS) is 12.3.